The highest BCUT2D eigenvalue weighted by Crippen LogP contribution is 2.26. The van der Waals surface area contributed by atoms with Gasteiger partial charge in [0, 0.05) is 19.5 Å². The zero-order valence-electron chi connectivity index (χ0n) is 11.5. The van der Waals surface area contributed by atoms with Crippen molar-refractivity contribution in [3.63, 3.8) is 0 Å². The van der Waals surface area contributed by atoms with E-state index in [2.05, 4.69) is 0 Å². The van der Waals surface area contributed by atoms with E-state index >= 15 is 0 Å². The van der Waals surface area contributed by atoms with E-state index in [-0.39, 0.29) is 28.8 Å². The number of primary amides is 1. The molecule has 6 nitrogen and oxygen atoms in total. The summed E-state index contributed by atoms with van der Waals surface area (Å²) in [6, 6.07) is 3.37. The van der Waals surface area contributed by atoms with Gasteiger partial charge in [0.05, 0.1) is 10.6 Å². The molecule has 116 valence electrons. The van der Waals surface area contributed by atoms with E-state index in [9.17, 15) is 17.6 Å². The number of nitrogens with two attached hydrogens (primary N) is 2. The lowest BCUT2D eigenvalue weighted by Gasteiger charge is -2.30. The van der Waals surface area contributed by atoms with Crippen LogP contribution in [0, 0.1) is 11.7 Å². The van der Waals surface area contributed by atoms with Crippen LogP contribution in [0.5, 0.6) is 0 Å². The monoisotopic (exact) mass is 315 g/mol. The van der Waals surface area contributed by atoms with Crippen molar-refractivity contribution in [1.29, 1.82) is 0 Å². The third kappa shape index (κ3) is 3.51. The molecule has 0 aromatic heterocycles. The van der Waals surface area contributed by atoms with Gasteiger partial charge in [0.15, 0.2) is 0 Å². The summed E-state index contributed by atoms with van der Waals surface area (Å²) in [5.41, 5.74) is 10.4. The Balaban J connectivity index is 2.11. The standard InChI is InChI=1S/C13H18FN3O3S/c14-11-2-1-10(8-12(11)15)21(19,20)17-5-3-9(4-6-17)7-13(16)18/h1-2,8-9H,3-7,15H2,(H2,16,18). The second kappa shape index (κ2) is 5.98. The molecule has 0 unspecified atom stereocenters. The van der Waals surface area contributed by atoms with Crippen molar-refractivity contribution in [3.8, 4) is 0 Å². The lowest BCUT2D eigenvalue weighted by Crippen LogP contribution is -2.39. The maximum atomic E-state index is 13.1. The first-order chi connectivity index (χ1) is 9.80. The van der Waals surface area contributed by atoms with Crippen LogP contribution in [-0.2, 0) is 14.8 Å². The summed E-state index contributed by atoms with van der Waals surface area (Å²) in [4.78, 5) is 10.9. The number of halogens is 1. The number of sulfonamides is 1. The summed E-state index contributed by atoms with van der Waals surface area (Å²) in [6.07, 6.45) is 1.44. The maximum Gasteiger partial charge on any atom is 0.243 e. The molecule has 0 atom stereocenters. The van der Waals surface area contributed by atoms with Gasteiger partial charge in [-0.1, -0.05) is 0 Å². The number of benzene rings is 1. The molecule has 8 heteroatoms. The number of anilines is 1. The molecule has 1 heterocycles. The molecular weight excluding hydrogens is 297 g/mol. The molecule has 1 aliphatic heterocycles. The first kappa shape index (κ1) is 15.7. The predicted molar refractivity (Wildman–Crippen MR) is 76.1 cm³/mol. The van der Waals surface area contributed by atoms with E-state index in [1.165, 1.54) is 10.4 Å². The van der Waals surface area contributed by atoms with Gasteiger partial charge in [-0.25, -0.2) is 12.8 Å². The highest BCUT2D eigenvalue weighted by molar-refractivity contribution is 7.89. The average molecular weight is 315 g/mol. The summed E-state index contributed by atoms with van der Waals surface area (Å²) in [6.45, 7) is 0.634. The SMILES string of the molecule is NC(=O)CC1CCN(S(=O)(=O)c2ccc(F)c(N)c2)CC1. The zero-order valence-corrected chi connectivity index (χ0v) is 12.3. The van der Waals surface area contributed by atoms with E-state index in [0.717, 1.165) is 12.1 Å². The molecule has 1 amide bonds. The fourth-order valence-electron chi connectivity index (χ4n) is 2.47. The first-order valence-corrected chi connectivity index (χ1v) is 8.08. The number of nitrogen functional groups attached to an aromatic ring is 1. The third-order valence-corrected chi connectivity index (χ3v) is 5.56. The smallest absolute Gasteiger partial charge is 0.243 e. The van der Waals surface area contributed by atoms with Crippen molar-refractivity contribution >= 4 is 21.6 Å². The van der Waals surface area contributed by atoms with E-state index in [0.29, 0.717) is 25.9 Å². The number of piperidine rings is 1. The van der Waals surface area contributed by atoms with Crippen molar-refractivity contribution in [1.82, 2.24) is 4.31 Å². The Labute approximate surface area is 123 Å². The molecule has 0 spiro atoms. The summed E-state index contributed by atoms with van der Waals surface area (Å²) >= 11 is 0. The van der Waals surface area contributed by atoms with Gasteiger partial charge in [0.2, 0.25) is 15.9 Å². The molecular formula is C13H18FN3O3S. The fourth-order valence-corrected chi connectivity index (χ4v) is 3.98. The van der Waals surface area contributed by atoms with Gasteiger partial charge < -0.3 is 11.5 Å². The first-order valence-electron chi connectivity index (χ1n) is 6.64. The Kier molecular flexibility index (Phi) is 4.48. The lowest BCUT2D eigenvalue weighted by molar-refractivity contribution is -0.119. The summed E-state index contributed by atoms with van der Waals surface area (Å²) < 4.78 is 39.3. The van der Waals surface area contributed by atoms with Gasteiger partial charge in [-0.15, -0.1) is 0 Å². The minimum Gasteiger partial charge on any atom is -0.396 e. The normalized spacial score (nSPS) is 17.8. The topological polar surface area (TPSA) is 106 Å². The second-order valence-corrected chi connectivity index (χ2v) is 7.14. The highest BCUT2D eigenvalue weighted by Gasteiger charge is 2.30. The van der Waals surface area contributed by atoms with Crippen molar-refractivity contribution < 1.29 is 17.6 Å². The molecule has 4 N–H and O–H groups in total. The van der Waals surface area contributed by atoms with Gasteiger partial charge in [0.1, 0.15) is 5.82 Å². The maximum absolute atomic E-state index is 13.1. The number of carbonyl (C=O) groups excluding carboxylic acids is 1. The van der Waals surface area contributed by atoms with Crippen molar-refractivity contribution in [3.05, 3.63) is 24.0 Å². The van der Waals surface area contributed by atoms with Crippen LogP contribution in [0.3, 0.4) is 0 Å². The van der Waals surface area contributed by atoms with E-state index < -0.39 is 15.8 Å². The van der Waals surface area contributed by atoms with Crippen LogP contribution >= 0.6 is 0 Å². The molecule has 0 aliphatic carbocycles. The van der Waals surface area contributed by atoms with E-state index in [1.54, 1.807) is 0 Å². The molecule has 0 bridgehead atoms. The van der Waals surface area contributed by atoms with E-state index in [4.69, 9.17) is 11.5 Å². The van der Waals surface area contributed by atoms with Crippen LogP contribution in [0.1, 0.15) is 19.3 Å². The number of rotatable bonds is 4. The minimum atomic E-state index is -3.68. The predicted octanol–water partition coefficient (Wildman–Crippen LogP) is 0.684. The number of hydrogen-bond acceptors (Lipinski definition) is 4. The Morgan fingerprint density at radius 1 is 1.33 bits per heavy atom. The molecule has 1 aromatic carbocycles. The summed E-state index contributed by atoms with van der Waals surface area (Å²) in [5.74, 6) is -0.899. The Morgan fingerprint density at radius 2 is 1.95 bits per heavy atom. The fraction of sp³-hybridized carbons (Fsp3) is 0.462. The Morgan fingerprint density at radius 3 is 2.48 bits per heavy atom. The quantitative estimate of drug-likeness (QED) is 0.797. The number of amides is 1. The lowest BCUT2D eigenvalue weighted by atomic mass is 9.94. The highest BCUT2D eigenvalue weighted by atomic mass is 32.2. The van der Waals surface area contributed by atoms with Crippen molar-refractivity contribution in [2.45, 2.75) is 24.2 Å². The molecule has 0 radical (unpaired) electrons. The van der Waals surface area contributed by atoms with Gasteiger partial charge >= 0.3 is 0 Å². The molecule has 1 saturated heterocycles. The Bertz CT molecular complexity index is 640. The molecule has 0 saturated carbocycles. The van der Waals surface area contributed by atoms with Crippen molar-refractivity contribution in [2.75, 3.05) is 18.8 Å². The van der Waals surface area contributed by atoms with Crippen LogP contribution < -0.4 is 11.5 Å². The minimum absolute atomic E-state index is 0.0187. The largest absolute Gasteiger partial charge is 0.396 e. The van der Waals surface area contributed by atoms with Crippen LogP contribution in [0.4, 0.5) is 10.1 Å². The van der Waals surface area contributed by atoms with Gasteiger partial charge in [-0.2, -0.15) is 4.31 Å². The van der Waals surface area contributed by atoms with Gasteiger partial charge in [-0.05, 0) is 37.0 Å². The third-order valence-electron chi connectivity index (χ3n) is 3.67. The van der Waals surface area contributed by atoms with E-state index in [1.807, 2.05) is 0 Å². The second-order valence-electron chi connectivity index (χ2n) is 5.20. The van der Waals surface area contributed by atoms with Crippen LogP contribution in [0.25, 0.3) is 0 Å². The van der Waals surface area contributed by atoms with Crippen LogP contribution in [0.2, 0.25) is 0 Å². The summed E-state index contributed by atoms with van der Waals surface area (Å²) in [7, 11) is -3.68. The van der Waals surface area contributed by atoms with Crippen molar-refractivity contribution in [2.24, 2.45) is 11.7 Å². The molecule has 1 aliphatic rings. The van der Waals surface area contributed by atoms with Gasteiger partial charge in [-0.3, -0.25) is 4.79 Å². The zero-order chi connectivity index (χ0) is 15.6. The summed E-state index contributed by atoms with van der Waals surface area (Å²) in [5, 5.41) is 0. The number of nitrogens with zero attached hydrogens (tertiary/aromatic N) is 1. The Hall–Kier alpha value is -1.67. The molecule has 21 heavy (non-hydrogen) atoms. The average Bonchev–Trinajstić information content (AvgIpc) is 2.41. The van der Waals surface area contributed by atoms with Gasteiger partial charge in [0.25, 0.3) is 0 Å². The number of hydrogen-bond donors (Lipinski definition) is 2. The molecule has 1 aromatic rings. The van der Waals surface area contributed by atoms with Crippen LogP contribution in [-0.4, -0.2) is 31.7 Å². The van der Waals surface area contributed by atoms with Crippen LogP contribution in [0.15, 0.2) is 23.1 Å². The number of carbonyl (C=O) groups is 1. The molecule has 1 fully saturated rings. The molecule has 2 rings (SSSR count).